The minimum Gasteiger partial charge on any atom is -0.481 e. The number of hydrogen-bond acceptors (Lipinski definition) is 3. The number of amides is 1. The molecule has 1 amide bonds. The molecule has 0 spiro atoms. The third-order valence-corrected chi connectivity index (χ3v) is 5.05. The first-order chi connectivity index (χ1) is 10.6. The van der Waals surface area contributed by atoms with E-state index >= 15 is 0 Å². The third kappa shape index (κ3) is 6.34. The highest BCUT2D eigenvalue weighted by Crippen LogP contribution is 2.23. The van der Waals surface area contributed by atoms with E-state index in [0.29, 0.717) is 18.4 Å². The van der Waals surface area contributed by atoms with Crippen molar-refractivity contribution in [2.24, 2.45) is 11.8 Å². The molecule has 1 atom stereocenters. The van der Waals surface area contributed by atoms with Crippen LogP contribution in [-0.4, -0.2) is 48.1 Å². The molecule has 1 heterocycles. The fourth-order valence-corrected chi connectivity index (χ4v) is 3.77. The lowest BCUT2D eigenvalue weighted by atomic mass is 9.89. The van der Waals surface area contributed by atoms with Gasteiger partial charge in [-0.2, -0.15) is 0 Å². The predicted octanol–water partition coefficient (Wildman–Crippen LogP) is 2.26. The minimum absolute atomic E-state index is 0.129. The monoisotopic (exact) mass is 310 g/mol. The number of nitrogens with one attached hydrogen (secondary N) is 1. The Morgan fingerprint density at radius 1 is 1.05 bits per heavy atom. The summed E-state index contributed by atoms with van der Waals surface area (Å²) in [7, 11) is 0. The second kappa shape index (κ2) is 9.13. The highest BCUT2D eigenvalue weighted by molar-refractivity contribution is 5.78. The van der Waals surface area contributed by atoms with Gasteiger partial charge in [0.25, 0.3) is 0 Å². The molecule has 126 valence electrons. The van der Waals surface area contributed by atoms with Crippen molar-refractivity contribution in [1.29, 1.82) is 0 Å². The van der Waals surface area contributed by atoms with E-state index < -0.39 is 5.97 Å². The quantitative estimate of drug-likeness (QED) is 0.757. The Kier molecular flexibility index (Phi) is 7.16. The van der Waals surface area contributed by atoms with E-state index in [-0.39, 0.29) is 12.3 Å². The van der Waals surface area contributed by atoms with Crippen molar-refractivity contribution in [3.05, 3.63) is 0 Å². The number of nitrogens with zero attached hydrogens (tertiary/aromatic N) is 1. The first-order valence-electron chi connectivity index (χ1n) is 8.84. The molecule has 1 saturated carbocycles. The van der Waals surface area contributed by atoms with Gasteiger partial charge in [-0.05, 0) is 50.5 Å². The number of likely N-dealkylation sites (tertiary alicyclic amines) is 1. The summed E-state index contributed by atoms with van der Waals surface area (Å²) in [6, 6.07) is 0. The Bertz CT molecular complexity index is 367. The van der Waals surface area contributed by atoms with Crippen molar-refractivity contribution >= 4 is 11.9 Å². The van der Waals surface area contributed by atoms with Crippen molar-refractivity contribution in [2.75, 3.05) is 26.2 Å². The lowest BCUT2D eigenvalue weighted by Gasteiger charge is -2.32. The first-order valence-corrected chi connectivity index (χ1v) is 8.84. The van der Waals surface area contributed by atoms with Crippen molar-refractivity contribution in [2.45, 2.75) is 57.8 Å². The van der Waals surface area contributed by atoms with Crippen LogP contribution in [0.5, 0.6) is 0 Å². The topological polar surface area (TPSA) is 69.6 Å². The van der Waals surface area contributed by atoms with Crippen LogP contribution in [0.2, 0.25) is 0 Å². The van der Waals surface area contributed by atoms with E-state index in [0.717, 1.165) is 38.9 Å². The van der Waals surface area contributed by atoms with Crippen molar-refractivity contribution in [1.82, 2.24) is 10.2 Å². The Balaban J connectivity index is 1.63. The second-order valence-electron chi connectivity index (χ2n) is 6.98. The standard InChI is InChI=1S/C17H30N2O3/c20-16(18-11-14-5-2-1-3-6-14)13-19-10-4-7-15(12-19)8-9-17(21)22/h14-15H,1-13H2,(H,18,20)(H,21,22). The van der Waals surface area contributed by atoms with Crippen LogP contribution in [0.3, 0.4) is 0 Å². The number of carbonyl (C=O) groups excluding carboxylic acids is 1. The number of carbonyl (C=O) groups is 2. The predicted molar refractivity (Wildman–Crippen MR) is 85.6 cm³/mol. The highest BCUT2D eigenvalue weighted by atomic mass is 16.4. The third-order valence-electron chi connectivity index (χ3n) is 5.05. The van der Waals surface area contributed by atoms with Crippen LogP contribution in [0.15, 0.2) is 0 Å². The van der Waals surface area contributed by atoms with E-state index in [4.69, 9.17) is 5.11 Å². The molecule has 1 saturated heterocycles. The van der Waals surface area contributed by atoms with E-state index in [1.807, 2.05) is 0 Å². The molecule has 2 N–H and O–H groups in total. The lowest BCUT2D eigenvalue weighted by molar-refractivity contribution is -0.137. The first kappa shape index (κ1) is 17.3. The summed E-state index contributed by atoms with van der Waals surface area (Å²) in [6.07, 6.45) is 9.59. The molecule has 0 aromatic heterocycles. The van der Waals surface area contributed by atoms with Gasteiger partial charge in [0, 0.05) is 19.5 Å². The van der Waals surface area contributed by atoms with Gasteiger partial charge < -0.3 is 10.4 Å². The average molecular weight is 310 g/mol. The zero-order valence-corrected chi connectivity index (χ0v) is 13.6. The van der Waals surface area contributed by atoms with Gasteiger partial charge in [0.1, 0.15) is 0 Å². The number of carboxylic acid groups (broad SMARTS) is 1. The number of carboxylic acids is 1. The molecule has 0 bridgehead atoms. The van der Waals surface area contributed by atoms with Gasteiger partial charge in [0.05, 0.1) is 6.54 Å². The fourth-order valence-electron chi connectivity index (χ4n) is 3.77. The maximum Gasteiger partial charge on any atom is 0.303 e. The molecule has 5 nitrogen and oxygen atoms in total. The SMILES string of the molecule is O=C(O)CCC1CCCN(CC(=O)NCC2CCCCC2)C1. The van der Waals surface area contributed by atoms with Crippen LogP contribution >= 0.6 is 0 Å². The number of hydrogen-bond donors (Lipinski definition) is 2. The smallest absolute Gasteiger partial charge is 0.303 e. The Morgan fingerprint density at radius 2 is 1.77 bits per heavy atom. The second-order valence-corrected chi connectivity index (χ2v) is 6.98. The van der Waals surface area contributed by atoms with E-state index in [1.165, 1.54) is 32.1 Å². The molecular formula is C17H30N2O3. The highest BCUT2D eigenvalue weighted by Gasteiger charge is 2.22. The summed E-state index contributed by atoms with van der Waals surface area (Å²) in [5, 5.41) is 11.9. The summed E-state index contributed by atoms with van der Waals surface area (Å²) in [5.41, 5.74) is 0. The molecule has 0 aromatic carbocycles. The minimum atomic E-state index is -0.720. The molecule has 1 unspecified atom stereocenters. The Hall–Kier alpha value is -1.10. The van der Waals surface area contributed by atoms with Crippen molar-refractivity contribution in [3.8, 4) is 0 Å². The van der Waals surface area contributed by atoms with Crippen molar-refractivity contribution < 1.29 is 14.7 Å². The maximum absolute atomic E-state index is 12.1. The molecule has 0 aromatic rings. The van der Waals surface area contributed by atoms with Crippen LogP contribution in [0, 0.1) is 11.8 Å². The summed E-state index contributed by atoms with van der Waals surface area (Å²) in [4.78, 5) is 24.9. The molecule has 22 heavy (non-hydrogen) atoms. The van der Waals surface area contributed by atoms with Crippen LogP contribution in [0.4, 0.5) is 0 Å². The molecule has 1 aliphatic heterocycles. The largest absolute Gasteiger partial charge is 0.481 e. The fraction of sp³-hybridized carbons (Fsp3) is 0.882. The molecular weight excluding hydrogens is 280 g/mol. The van der Waals surface area contributed by atoms with Crippen LogP contribution in [-0.2, 0) is 9.59 Å². The van der Waals surface area contributed by atoms with Gasteiger partial charge in [-0.3, -0.25) is 14.5 Å². The summed E-state index contributed by atoms with van der Waals surface area (Å²) in [5.74, 6) is 0.505. The van der Waals surface area contributed by atoms with Crippen LogP contribution < -0.4 is 5.32 Å². The van der Waals surface area contributed by atoms with Gasteiger partial charge in [-0.1, -0.05) is 19.3 Å². The summed E-state index contributed by atoms with van der Waals surface area (Å²) >= 11 is 0. The molecule has 2 aliphatic rings. The number of rotatable bonds is 7. The van der Waals surface area contributed by atoms with E-state index in [9.17, 15) is 9.59 Å². The average Bonchev–Trinajstić information content (AvgIpc) is 2.52. The van der Waals surface area contributed by atoms with Crippen LogP contribution in [0.1, 0.15) is 57.8 Å². The number of aliphatic carboxylic acids is 1. The van der Waals surface area contributed by atoms with Gasteiger partial charge >= 0.3 is 5.97 Å². The normalized spacial score (nSPS) is 24.1. The van der Waals surface area contributed by atoms with Gasteiger partial charge in [-0.25, -0.2) is 0 Å². The number of piperidine rings is 1. The van der Waals surface area contributed by atoms with Crippen molar-refractivity contribution in [3.63, 3.8) is 0 Å². The molecule has 2 rings (SSSR count). The molecule has 2 fully saturated rings. The lowest BCUT2D eigenvalue weighted by Crippen LogP contribution is -2.43. The summed E-state index contributed by atoms with van der Waals surface area (Å²) < 4.78 is 0. The van der Waals surface area contributed by atoms with Gasteiger partial charge in [0.2, 0.25) is 5.91 Å². The Labute approximate surface area is 133 Å². The zero-order chi connectivity index (χ0) is 15.8. The van der Waals surface area contributed by atoms with Gasteiger partial charge in [0.15, 0.2) is 0 Å². The summed E-state index contributed by atoms with van der Waals surface area (Å²) in [6.45, 7) is 3.12. The van der Waals surface area contributed by atoms with E-state index in [1.54, 1.807) is 0 Å². The van der Waals surface area contributed by atoms with Crippen LogP contribution in [0.25, 0.3) is 0 Å². The van der Waals surface area contributed by atoms with E-state index in [2.05, 4.69) is 10.2 Å². The molecule has 1 aliphatic carbocycles. The maximum atomic E-state index is 12.1. The van der Waals surface area contributed by atoms with Gasteiger partial charge in [-0.15, -0.1) is 0 Å². The zero-order valence-electron chi connectivity index (χ0n) is 13.6. The Morgan fingerprint density at radius 3 is 2.50 bits per heavy atom. The molecule has 5 heteroatoms. The molecule has 0 radical (unpaired) electrons.